The zero-order valence-electron chi connectivity index (χ0n) is 14.0. The van der Waals surface area contributed by atoms with Crippen LogP contribution in [0.25, 0.3) is 0 Å². The van der Waals surface area contributed by atoms with Crippen molar-refractivity contribution in [3.05, 3.63) is 146 Å². The summed E-state index contributed by atoms with van der Waals surface area (Å²) in [5.41, 5.74) is 0. The van der Waals surface area contributed by atoms with E-state index in [1.807, 2.05) is 121 Å². The van der Waals surface area contributed by atoms with E-state index in [1.165, 1.54) is 0 Å². The standard InChI is InChI=1S/4C6H5.Hf/c4*1-2-4-6-5-3-1;/h4*1-5H;/q4*-1;+4. The molecule has 0 aliphatic carbocycles. The molecule has 0 atom stereocenters. The topological polar surface area (TPSA) is 0 Å². The van der Waals surface area contributed by atoms with E-state index >= 15 is 0 Å². The quantitative estimate of drug-likeness (QED) is 0.213. The summed E-state index contributed by atoms with van der Waals surface area (Å²) < 4.78 is 0. The Labute approximate surface area is 171 Å². The molecule has 0 saturated carbocycles. The molecular formula is C24H20Hf. The summed E-state index contributed by atoms with van der Waals surface area (Å²) in [6, 6.07) is 50.0. The van der Waals surface area contributed by atoms with Crippen molar-refractivity contribution in [2.45, 2.75) is 0 Å². The Morgan fingerprint density at radius 1 is 0.240 bits per heavy atom. The first-order chi connectivity index (χ1) is 12.0. The molecular weight excluding hydrogens is 467 g/mol. The largest absolute Gasteiger partial charge is 4.00 e. The van der Waals surface area contributed by atoms with Crippen LogP contribution in [0, 0.1) is 24.3 Å². The Hall–Kier alpha value is -2.25. The molecule has 25 heavy (non-hydrogen) atoms. The van der Waals surface area contributed by atoms with Crippen LogP contribution in [0.15, 0.2) is 121 Å². The molecule has 4 rings (SSSR count). The van der Waals surface area contributed by atoms with Crippen LogP contribution >= 0.6 is 0 Å². The molecule has 0 aliphatic heterocycles. The van der Waals surface area contributed by atoms with Crippen LogP contribution in [0.1, 0.15) is 0 Å². The third-order valence-corrected chi connectivity index (χ3v) is 2.43. The van der Waals surface area contributed by atoms with E-state index in [2.05, 4.69) is 24.3 Å². The van der Waals surface area contributed by atoms with Gasteiger partial charge in [0, 0.05) is 0 Å². The van der Waals surface area contributed by atoms with Crippen molar-refractivity contribution >= 4 is 0 Å². The molecule has 0 saturated heterocycles. The average Bonchev–Trinajstić information content (AvgIpc) is 2.75. The Morgan fingerprint density at radius 3 is 0.440 bits per heavy atom. The van der Waals surface area contributed by atoms with Gasteiger partial charge in [-0.1, -0.05) is 0 Å². The molecule has 0 nitrogen and oxygen atoms in total. The van der Waals surface area contributed by atoms with Crippen molar-refractivity contribution in [1.29, 1.82) is 0 Å². The van der Waals surface area contributed by atoms with Gasteiger partial charge in [-0.3, -0.25) is 0 Å². The van der Waals surface area contributed by atoms with Crippen molar-refractivity contribution < 1.29 is 25.8 Å². The summed E-state index contributed by atoms with van der Waals surface area (Å²) in [5.74, 6) is 0. The van der Waals surface area contributed by atoms with Crippen LogP contribution in [0.5, 0.6) is 0 Å². The minimum absolute atomic E-state index is 0. The monoisotopic (exact) mass is 488 g/mol. The number of hydrogen-bond donors (Lipinski definition) is 0. The zero-order chi connectivity index (χ0) is 17.0. The second-order valence-corrected chi connectivity index (χ2v) is 4.31. The van der Waals surface area contributed by atoms with E-state index < -0.39 is 0 Å². The SMILES string of the molecule is [Hf+4].[c-]1ccccc1.[c-]1ccccc1.[c-]1ccccc1.[c-]1ccccc1. The molecule has 0 aliphatic rings. The van der Waals surface area contributed by atoms with Gasteiger partial charge < -0.3 is 0 Å². The second-order valence-electron chi connectivity index (χ2n) is 4.31. The first-order valence-corrected chi connectivity index (χ1v) is 7.64. The van der Waals surface area contributed by atoms with Gasteiger partial charge in [-0.15, -0.1) is 0 Å². The maximum absolute atomic E-state index is 2.89. The summed E-state index contributed by atoms with van der Waals surface area (Å²) in [4.78, 5) is 0. The number of benzene rings is 4. The Kier molecular flexibility index (Phi) is 18.0. The van der Waals surface area contributed by atoms with E-state index in [1.54, 1.807) is 0 Å². The summed E-state index contributed by atoms with van der Waals surface area (Å²) in [6.45, 7) is 0. The summed E-state index contributed by atoms with van der Waals surface area (Å²) in [6.07, 6.45) is 0. The van der Waals surface area contributed by atoms with E-state index in [4.69, 9.17) is 0 Å². The molecule has 0 spiro atoms. The first kappa shape index (κ1) is 22.8. The Balaban J connectivity index is 0.000000303. The van der Waals surface area contributed by atoms with Gasteiger partial charge in [-0.2, -0.15) is 146 Å². The fourth-order valence-corrected chi connectivity index (χ4v) is 1.37. The number of rotatable bonds is 0. The maximum atomic E-state index is 2.89. The van der Waals surface area contributed by atoms with Crippen LogP contribution < -0.4 is 0 Å². The van der Waals surface area contributed by atoms with Gasteiger partial charge in [0.2, 0.25) is 0 Å². The molecule has 0 bridgehead atoms. The molecule has 120 valence electrons. The molecule has 0 N–H and O–H groups in total. The minimum atomic E-state index is 0. The summed E-state index contributed by atoms with van der Waals surface area (Å²) in [7, 11) is 0. The first-order valence-electron chi connectivity index (χ1n) is 7.64. The van der Waals surface area contributed by atoms with Gasteiger partial charge in [-0.25, -0.2) is 0 Å². The predicted octanol–water partition coefficient (Wildman–Crippen LogP) is 5.94. The molecule has 0 heterocycles. The van der Waals surface area contributed by atoms with Crippen LogP contribution in [0.2, 0.25) is 0 Å². The summed E-state index contributed by atoms with van der Waals surface area (Å²) in [5, 5.41) is 0. The van der Waals surface area contributed by atoms with E-state index in [0.717, 1.165) is 0 Å². The second kappa shape index (κ2) is 19.8. The molecule has 0 fully saturated rings. The van der Waals surface area contributed by atoms with Crippen molar-refractivity contribution in [3.63, 3.8) is 0 Å². The van der Waals surface area contributed by atoms with Gasteiger partial charge in [0.1, 0.15) is 0 Å². The predicted molar refractivity (Wildman–Crippen MR) is 101 cm³/mol. The fourth-order valence-electron chi connectivity index (χ4n) is 1.37. The van der Waals surface area contributed by atoms with Gasteiger partial charge in [0.05, 0.1) is 0 Å². The Bertz CT molecular complexity index is 420. The van der Waals surface area contributed by atoms with Crippen molar-refractivity contribution in [1.82, 2.24) is 0 Å². The molecule has 0 unspecified atom stereocenters. The number of hydrogen-bond acceptors (Lipinski definition) is 0. The van der Waals surface area contributed by atoms with Crippen LogP contribution in [-0.2, 0) is 25.8 Å². The fraction of sp³-hybridized carbons (Fsp3) is 0. The van der Waals surface area contributed by atoms with Crippen molar-refractivity contribution in [2.75, 3.05) is 0 Å². The average molecular weight is 487 g/mol. The molecule has 0 radical (unpaired) electrons. The third kappa shape index (κ3) is 17.9. The van der Waals surface area contributed by atoms with Gasteiger partial charge in [0.15, 0.2) is 0 Å². The third-order valence-electron chi connectivity index (χ3n) is 2.43. The van der Waals surface area contributed by atoms with E-state index in [-0.39, 0.29) is 25.8 Å². The normalized spacial score (nSPS) is 7.68. The molecule has 0 aromatic heterocycles. The van der Waals surface area contributed by atoms with Gasteiger partial charge in [0.25, 0.3) is 0 Å². The molecule has 1 heteroatoms. The van der Waals surface area contributed by atoms with Crippen molar-refractivity contribution in [2.24, 2.45) is 0 Å². The van der Waals surface area contributed by atoms with E-state index in [0.29, 0.717) is 0 Å². The molecule has 4 aromatic carbocycles. The van der Waals surface area contributed by atoms with Crippen molar-refractivity contribution in [3.8, 4) is 0 Å². The van der Waals surface area contributed by atoms with Crippen LogP contribution in [0.4, 0.5) is 0 Å². The smallest absolute Gasteiger partial charge is 0.184 e. The summed E-state index contributed by atoms with van der Waals surface area (Å²) >= 11 is 0. The maximum Gasteiger partial charge on any atom is 4.00 e. The van der Waals surface area contributed by atoms with Gasteiger partial charge >= 0.3 is 25.8 Å². The van der Waals surface area contributed by atoms with Crippen LogP contribution in [-0.4, -0.2) is 0 Å². The molecule has 4 aromatic rings. The van der Waals surface area contributed by atoms with E-state index in [9.17, 15) is 0 Å². The Morgan fingerprint density at radius 2 is 0.400 bits per heavy atom. The van der Waals surface area contributed by atoms with Gasteiger partial charge in [-0.05, 0) is 0 Å². The zero-order valence-corrected chi connectivity index (χ0v) is 17.6. The minimum Gasteiger partial charge on any atom is -0.184 e. The van der Waals surface area contributed by atoms with Crippen LogP contribution in [0.3, 0.4) is 0 Å². The molecule has 0 amide bonds.